The number of amides is 1. The second-order valence-corrected chi connectivity index (χ2v) is 4.60. The van der Waals surface area contributed by atoms with Crippen molar-refractivity contribution in [1.82, 2.24) is 10.3 Å². The van der Waals surface area contributed by atoms with Gasteiger partial charge in [0, 0.05) is 24.8 Å². The van der Waals surface area contributed by atoms with Crippen molar-refractivity contribution in [3.05, 3.63) is 59.5 Å². The molecule has 0 unspecified atom stereocenters. The molecule has 0 aliphatic heterocycles. The zero-order valence-electron chi connectivity index (χ0n) is 11.9. The molecule has 0 atom stereocenters. The summed E-state index contributed by atoms with van der Waals surface area (Å²) in [6.45, 7) is 2.92. The molecule has 1 heterocycles. The molecule has 0 saturated heterocycles. The molecule has 4 nitrogen and oxygen atoms in total. The molecular weight excluding hydrogens is 269 g/mol. The molecule has 5 heteroatoms. The lowest BCUT2D eigenvalue weighted by Crippen LogP contribution is -2.24. The first-order chi connectivity index (χ1) is 10.2. The van der Waals surface area contributed by atoms with Crippen LogP contribution in [0.25, 0.3) is 0 Å². The number of carbonyl (C=O) groups excluding carboxylic acids is 1. The van der Waals surface area contributed by atoms with Crippen LogP contribution in [0.4, 0.5) is 10.2 Å². The molecule has 110 valence electrons. The number of rotatable bonds is 6. The summed E-state index contributed by atoms with van der Waals surface area (Å²) < 4.78 is 13.5. The Morgan fingerprint density at radius 2 is 2.05 bits per heavy atom. The fraction of sp³-hybridized carbons (Fsp3) is 0.250. The van der Waals surface area contributed by atoms with Crippen LogP contribution in [0.3, 0.4) is 0 Å². The van der Waals surface area contributed by atoms with Gasteiger partial charge in [0.25, 0.3) is 5.91 Å². The van der Waals surface area contributed by atoms with Gasteiger partial charge in [0.05, 0.1) is 5.56 Å². The van der Waals surface area contributed by atoms with Gasteiger partial charge >= 0.3 is 0 Å². The predicted octanol–water partition coefficient (Wildman–Crippen LogP) is 2.97. The van der Waals surface area contributed by atoms with Crippen molar-refractivity contribution in [3.8, 4) is 0 Å². The molecular formula is C16H18FN3O. The largest absolute Gasteiger partial charge is 0.369 e. The average molecular weight is 287 g/mol. The summed E-state index contributed by atoms with van der Waals surface area (Å²) in [5.41, 5.74) is 0.917. The van der Waals surface area contributed by atoms with E-state index in [4.69, 9.17) is 0 Å². The van der Waals surface area contributed by atoms with Gasteiger partial charge in [-0.15, -0.1) is 0 Å². The molecule has 21 heavy (non-hydrogen) atoms. The quantitative estimate of drug-likeness (QED) is 0.859. The second-order valence-electron chi connectivity index (χ2n) is 4.60. The standard InChI is InChI=1S/C16H18FN3O/c1-2-9-18-15-13(7-5-10-19-15)16(21)20-11-12-6-3-4-8-14(12)17/h3-8,10H,2,9,11H2,1H3,(H,18,19)(H,20,21). The summed E-state index contributed by atoms with van der Waals surface area (Å²) in [4.78, 5) is 16.4. The van der Waals surface area contributed by atoms with E-state index < -0.39 is 0 Å². The van der Waals surface area contributed by atoms with Crippen LogP contribution in [0.15, 0.2) is 42.6 Å². The lowest BCUT2D eigenvalue weighted by Gasteiger charge is -2.11. The lowest BCUT2D eigenvalue weighted by atomic mass is 10.2. The molecule has 2 N–H and O–H groups in total. The van der Waals surface area contributed by atoms with Gasteiger partial charge in [-0.2, -0.15) is 0 Å². The maximum Gasteiger partial charge on any atom is 0.255 e. The van der Waals surface area contributed by atoms with Crippen molar-refractivity contribution in [2.24, 2.45) is 0 Å². The summed E-state index contributed by atoms with van der Waals surface area (Å²) in [5.74, 6) is -0.0522. The summed E-state index contributed by atoms with van der Waals surface area (Å²) in [5, 5.41) is 5.82. The predicted molar refractivity (Wildman–Crippen MR) is 80.6 cm³/mol. The number of hydrogen-bond acceptors (Lipinski definition) is 3. The second kappa shape index (κ2) is 7.38. The molecule has 2 rings (SSSR count). The van der Waals surface area contributed by atoms with Crippen LogP contribution in [-0.4, -0.2) is 17.4 Å². The number of carbonyl (C=O) groups is 1. The summed E-state index contributed by atoms with van der Waals surface area (Å²) in [6, 6.07) is 9.78. The highest BCUT2D eigenvalue weighted by atomic mass is 19.1. The minimum absolute atomic E-state index is 0.146. The fourth-order valence-corrected chi connectivity index (χ4v) is 1.89. The number of aromatic nitrogens is 1. The SMILES string of the molecule is CCCNc1ncccc1C(=O)NCc1ccccc1F. The fourth-order valence-electron chi connectivity index (χ4n) is 1.89. The van der Waals surface area contributed by atoms with Crippen molar-refractivity contribution in [2.45, 2.75) is 19.9 Å². The number of benzene rings is 1. The summed E-state index contributed by atoms with van der Waals surface area (Å²) >= 11 is 0. The van der Waals surface area contributed by atoms with E-state index in [1.54, 1.807) is 36.5 Å². The maximum atomic E-state index is 13.5. The Morgan fingerprint density at radius 1 is 1.24 bits per heavy atom. The van der Waals surface area contributed by atoms with Crippen LogP contribution >= 0.6 is 0 Å². The van der Waals surface area contributed by atoms with E-state index in [1.807, 2.05) is 6.92 Å². The van der Waals surface area contributed by atoms with Gasteiger partial charge in [0.15, 0.2) is 0 Å². The Kier molecular flexibility index (Phi) is 5.26. The lowest BCUT2D eigenvalue weighted by molar-refractivity contribution is 0.0951. The van der Waals surface area contributed by atoms with Gasteiger partial charge in [-0.05, 0) is 24.6 Å². The number of pyridine rings is 1. The number of nitrogens with one attached hydrogen (secondary N) is 2. The minimum atomic E-state index is -0.326. The van der Waals surface area contributed by atoms with Crippen LogP contribution < -0.4 is 10.6 Å². The number of anilines is 1. The molecule has 1 aromatic carbocycles. The van der Waals surface area contributed by atoms with Gasteiger partial charge in [-0.1, -0.05) is 25.1 Å². The Bertz CT molecular complexity index is 616. The molecule has 0 bridgehead atoms. The van der Waals surface area contributed by atoms with Crippen LogP contribution in [0.5, 0.6) is 0 Å². The Morgan fingerprint density at radius 3 is 2.81 bits per heavy atom. The Hall–Kier alpha value is -2.43. The molecule has 0 radical (unpaired) electrons. The zero-order valence-corrected chi connectivity index (χ0v) is 11.9. The van der Waals surface area contributed by atoms with E-state index in [0.29, 0.717) is 16.9 Å². The van der Waals surface area contributed by atoms with Gasteiger partial charge in [-0.25, -0.2) is 9.37 Å². The van der Waals surface area contributed by atoms with E-state index in [2.05, 4.69) is 15.6 Å². The molecule has 0 aliphatic rings. The smallest absolute Gasteiger partial charge is 0.255 e. The first-order valence-corrected chi connectivity index (χ1v) is 6.93. The zero-order chi connectivity index (χ0) is 15.1. The van der Waals surface area contributed by atoms with Crippen molar-refractivity contribution in [2.75, 3.05) is 11.9 Å². The highest BCUT2D eigenvalue weighted by Gasteiger charge is 2.12. The minimum Gasteiger partial charge on any atom is -0.369 e. The number of hydrogen-bond donors (Lipinski definition) is 2. The normalized spacial score (nSPS) is 10.2. The van der Waals surface area contributed by atoms with Gasteiger partial charge in [0.1, 0.15) is 11.6 Å². The Labute approximate surface area is 123 Å². The highest BCUT2D eigenvalue weighted by molar-refractivity contribution is 5.98. The topological polar surface area (TPSA) is 54.0 Å². The molecule has 0 saturated carbocycles. The van der Waals surface area contributed by atoms with E-state index in [0.717, 1.165) is 13.0 Å². The van der Waals surface area contributed by atoms with Crippen LogP contribution in [0.1, 0.15) is 29.3 Å². The monoisotopic (exact) mass is 287 g/mol. The average Bonchev–Trinajstić information content (AvgIpc) is 2.52. The molecule has 0 aliphatic carbocycles. The van der Waals surface area contributed by atoms with Crippen molar-refractivity contribution >= 4 is 11.7 Å². The van der Waals surface area contributed by atoms with Gasteiger partial charge in [-0.3, -0.25) is 4.79 Å². The third-order valence-electron chi connectivity index (χ3n) is 2.99. The first kappa shape index (κ1) is 15.0. The van der Waals surface area contributed by atoms with Crippen molar-refractivity contribution in [1.29, 1.82) is 0 Å². The summed E-state index contributed by atoms with van der Waals surface area (Å²) in [6.07, 6.45) is 2.57. The van der Waals surface area contributed by atoms with Crippen molar-refractivity contribution in [3.63, 3.8) is 0 Å². The van der Waals surface area contributed by atoms with Crippen LogP contribution in [0, 0.1) is 5.82 Å². The third kappa shape index (κ3) is 4.02. The van der Waals surface area contributed by atoms with E-state index in [1.165, 1.54) is 6.07 Å². The summed E-state index contributed by atoms with van der Waals surface area (Å²) in [7, 11) is 0. The molecule has 1 amide bonds. The number of nitrogens with zero attached hydrogens (tertiary/aromatic N) is 1. The van der Waals surface area contributed by atoms with E-state index >= 15 is 0 Å². The molecule has 1 aromatic heterocycles. The Balaban J connectivity index is 2.05. The molecule has 0 spiro atoms. The maximum absolute atomic E-state index is 13.5. The van der Waals surface area contributed by atoms with Gasteiger partial charge < -0.3 is 10.6 Å². The number of halogens is 1. The third-order valence-corrected chi connectivity index (χ3v) is 2.99. The highest BCUT2D eigenvalue weighted by Crippen LogP contribution is 2.12. The van der Waals surface area contributed by atoms with Crippen molar-refractivity contribution < 1.29 is 9.18 Å². The van der Waals surface area contributed by atoms with Crippen LogP contribution in [-0.2, 0) is 6.54 Å². The van der Waals surface area contributed by atoms with E-state index in [-0.39, 0.29) is 18.3 Å². The van der Waals surface area contributed by atoms with Gasteiger partial charge in [0.2, 0.25) is 0 Å². The molecule has 2 aromatic rings. The van der Waals surface area contributed by atoms with E-state index in [9.17, 15) is 9.18 Å². The first-order valence-electron chi connectivity index (χ1n) is 6.93. The van der Waals surface area contributed by atoms with Crippen LogP contribution in [0.2, 0.25) is 0 Å². The molecule has 0 fully saturated rings.